The molecule has 1 amide bonds. The molecule has 2 rings (SSSR count). The highest BCUT2D eigenvalue weighted by Gasteiger charge is 2.11. The van der Waals surface area contributed by atoms with Gasteiger partial charge in [0.25, 0.3) is 5.91 Å². The molecule has 2 aromatic rings. The Morgan fingerprint density at radius 3 is 2.20 bits per heavy atom. The molecule has 0 aliphatic heterocycles. The Labute approximate surface area is 127 Å². The van der Waals surface area contributed by atoms with Crippen molar-refractivity contribution < 1.29 is 4.79 Å². The Hall–Kier alpha value is -1.81. The van der Waals surface area contributed by atoms with Crippen molar-refractivity contribution in [1.29, 1.82) is 0 Å². The molecule has 0 spiro atoms. The molecule has 0 unspecified atom stereocenters. The van der Waals surface area contributed by atoms with Crippen molar-refractivity contribution in [2.24, 2.45) is 0 Å². The zero-order chi connectivity index (χ0) is 14.9. The highest BCUT2D eigenvalue weighted by molar-refractivity contribution is 9.10. The molecule has 3 N–H and O–H groups in total. The summed E-state index contributed by atoms with van der Waals surface area (Å²) in [4.78, 5) is 12.3. The van der Waals surface area contributed by atoms with E-state index < -0.39 is 0 Å². The van der Waals surface area contributed by atoms with E-state index >= 15 is 0 Å². The van der Waals surface area contributed by atoms with Crippen molar-refractivity contribution in [3.63, 3.8) is 0 Å². The molecule has 0 aromatic heterocycles. The number of amides is 1. The number of nitrogen functional groups attached to an aromatic ring is 1. The van der Waals surface area contributed by atoms with Gasteiger partial charge >= 0.3 is 0 Å². The van der Waals surface area contributed by atoms with Crippen molar-refractivity contribution in [3.05, 3.63) is 57.1 Å². The van der Waals surface area contributed by atoms with Crippen LogP contribution in [0.25, 0.3) is 0 Å². The largest absolute Gasteiger partial charge is 0.397 e. The van der Waals surface area contributed by atoms with Crippen LogP contribution in [0.15, 0.2) is 34.8 Å². The molecule has 0 radical (unpaired) electrons. The molecule has 0 aliphatic rings. The zero-order valence-corrected chi connectivity index (χ0v) is 13.3. The summed E-state index contributed by atoms with van der Waals surface area (Å²) in [7, 11) is 0. The van der Waals surface area contributed by atoms with Crippen molar-refractivity contribution >= 4 is 33.2 Å². The first-order valence-electron chi connectivity index (χ1n) is 6.32. The molecule has 0 atom stereocenters. The zero-order valence-electron chi connectivity index (χ0n) is 11.8. The number of halogens is 1. The lowest BCUT2D eigenvalue weighted by Crippen LogP contribution is -2.14. The van der Waals surface area contributed by atoms with E-state index in [0.717, 1.165) is 21.2 Å². The second-order valence-corrected chi connectivity index (χ2v) is 5.93. The lowest BCUT2D eigenvalue weighted by molar-refractivity contribution is 0.102. The first kappa shape index (κ1) is 14.6. The van der Waals surface area contributed by atoms with Crippen LogP contribution in [0.2, 0.25) is 0 Å². The summed E-state index contributed by atoms with van der Waals surface area (Å²) in [6.45, 7) is 5.87. The first-order chi connectivity index (χ1) is 9.36. The van der Waals surface area contributed by atoms with Gasteiger partial charge in [-0.2, -0.15) is 0 Å². The third-order valence-electron chi connectivity index (χ3n) is 3.05. The fourth-order valence-corrected chi connectivity index (χ4v) is 2.82. The van der Waals surface area contributed by atoms with Crippen LogP contribution in [-0.2, 0) is 0 Å². The highest BCUT2D eigenvalue weighted by Crippen LogP contribution is 2.28. The van der Waals surface area contributed by atoms with Gasteiger partial charge in [0.1, 0.15) is 0 Å². The Kier molecular flexibility index (Phi) is 4.14. The van der Waals surface area contributed by atoms with Crippen LogP contribution in [0.5, 0.6) is 0 Å². The fourth-order valence-electron chi connectivity index (χ4n) is 2.23. The Balaban J connectivity index is 2.32. The predicted octanol–water partition coefficient (Wildman–Crippen LogP) is 4.21. The number of aryl methyl sites for hydroxylation is 3. The summed E-state index contributed by atoms with van der Waals surface area (Å²) < 4.78 is 0.900. The predicted molar refractivity (Wildman–Crippen MR) is 87.2 cm³/mol. The van der Waals surface area contributed by atoms with E-state index in [1.807, 2.05) is 45.0 Å². The second-order valence-electron chi connectivity index (χ2n) is 5.02. The number of nitrogens with one attached hydrogen (secondary N) is 1. The molecule has 0 heterocycles. The van der Waals surface area contributed by atoms with Gasteiger partial charge in [-0.1, -0.05) is 33.1 Å². The minimum Gasteiger partial charge on any atom is -0.397 e. The SMILES string of the molecule is Cc1cc(C)cc(C(=O)Nc2c(C)cc(Br)cc2N)c1. The molecular weight excluding hydrogens is 316 g/mol. The lowest BCUT2D eigenvalue weighted by Gasteiger charge is -2.12. The summed E-state index contributed by atoms with van der Waals surface area (Å²) in [5.74, 6) is -0.145. The minimum atomic E-state index is -0.145. The normalized spacial score (nSPS) is 10.4. The van der Waals surface area contributed by atoms with Crippen molar-refractivity contribution in [1.82, 2.24) is 0 Å². The van der Waals surface area contributed by atoms with Crippen LogP contribution in [-0.4, -0.2) is 5.91 Å². The van der Waals surface area contributed by atoms with Gasteiger partial charge in [0.2, 0.25) is 0 Å². The van der Waals surface area contributed by atoms with Gasteiger partial charge in [-0.15, -0.1) is 0 Å². The van der Waals surface area contributed by atoms with Crippen molar-refractivity contribution in [3.8, 4) is 0 Å². The average Bonchev–Trinajstić information content (AvgIpc) is 2.32. The number of hydrogen-bond donors (Lipinski definition) is 2. The summed E-state index contributed by atoms with van der Waals surface area (Å²) in [6, 6.07) is 9.48. The van der Waals surface area contributed by atoms with Crippen molar-refractivity contribution in [2.75, 3.05) is 11.1 Å². The monoisotopic (exact) mass is 332 g/mol. The molecule has 0 saturated heterocycles. The number of hydrogen-bond acceptors (Lipinski definition) is 2. The van der Waals surface area contributed by atoms with Crippen molar-refractivity contribution in [2.45, 2.75) is 20.8 Å². The van der Waals surface area contributed by atoms with Gasteiger partial charge in [-0.25, -0.2) is 0 Å². The molecule has 3 nitrogen and oxygen atoms in total. The maximum absolute atomic E-state index is 12.3. The van der Waals surface area contributed by atoms with Crippen LogP contribution in [0.3, 0.4) is 0 Å². The van der Waals surface area contributed by atoms with Crippen LogP contribution < -0.4 is 11.1 Å². The fraction of sp³-hybridized carbons (Fsp3) is 0.188. The number of anilines is 2. The molecule has 104 valence electrons. The molecule has 20 heavy (non-hydrogen) atoms. The van der Waals surface area contributed by atoms with Gasteiger partial charge in [-0.3, -0.25) is 4.79 Å². The van der Waals surface area contributed by atoms with Crippen LogP contribution in [0.1, 0.15) is 27.0 Å². The number of carbonyl (C=O) groups is 1. The quantitative estimate of drug-likeness (QED) is 0.809. The summed E-state index contributed by atoms with van der Waals surface area (Å²) >= 11 is 3.38. The van der Waals surface area contributed by atoms with Gasteiger partial charge in [-0.05, 0) is 50.6 Å². The third-order valence-corrected chi connectivity index (χ3v) is 3.51. The smallest absolute Gasteiger partial charge is 0.255 e. The Bertz CT molecular complexity index is 637. The standard InChI is InChI=1S/C16H17BrN2O/c1-9-4-10(2)6-12(5-9)16(20)19-15-11(3)7-13(17)8-14(15)18/h4-8H,18H2,1-3H3,(H,19,20). The molecule has 4 heteroatoms. The van der Waals surface area contributed by atoms with Gasteiger partial charge in [0.15, 0.2) is 0 Å². The van der Waals surface area contributed by atoms with Gasteiger partial charge < -0.3 is 11.1 Å². The summed E-state index contributed by atoms with van der Waals surface area (Å²) in [5, 5.41) is 2.89. The maximum Gasteiger partial charge on any atom is 0.255 e. The average molecular weight is 333 g/mol. The van der Waals surface area contributed by atoms with Crippen LogP contribution in [0, 0.1) is 20.8 Å². The Morgan fingerprint density at radius 1 is 1.05 bits per heavy atom. The van der Waals surface area contributed by atoms with Gasteiger partial charge in [0.05, 0.1) is 11.4 Å². The third kappa shape index (κ3) is 3.20. The number of rotatable bonds is 2. The molecule has 2 aromatic carbocycles. The van der Waals surface area contributed by atoms with E-state index in [2.05, 4.69) is 21.2 Å². The molecular formula is C16H17BrN2O. The highest BCUT2D eigenvalue weighted by atomic mass is 79.9. The topological polar surface area (TPSA) is 55.1 Å². The van der Waals surface area contributed by atoms with Gasteiger partial charge in [0, 0.05) is 10.0 Å². The van der Waals surface area contributed by atoms with E-state index in [9.17, 15) is 4.79 Å². The maximum atomic E-state index is 12.3. The minimum absolute atomic E-state index is 0.145. The molecule has 0 saturated carbocycles. The lowest BCUT2D eigenvalue weighted by atomic mass is 10.1. The number of benzene rings is 2. The van der Waals surface area contributed by atoms with E-state index in [0.29, 0.717) is 16.9 Å². The first-order valence-corrected chi connectivity index (χ1v) is 7.11. The summed E-state index contributed by atoms with van der Waals surface area (Å²) in [5.41, 5.74) is 10.9. The van der Waals surface area contributed by atoms with E-state index in [1.54, 1.807) is 6.07 Å². The van der Waals surface area contributed by atoms with E-state index in [-0.39, 0.29) is 5.91 Å². The molecule has 0 fully saturated rings. The van der Waals surface area contributed by atoms with Crippen LogP contribution >= 0.6 is 15.9 Å². The Morgan fingerprint density at radius 2 is 1.65 bits per heavy atom. The summed E-state index contributed by atoms with van der Waals surface area (Å²) in [6.07, 6.45) is 0. The number of nitrogens with two attached hydrogens (primary N) is 1. The second kappa shape index (κ2) is 5.67. The molecule has 0 bridgehead atoms. The molecule has 0 aliphatic carbocycles. The van der Waals surface area contributed by atoms with Crippen LogP contribution in [0.4, 0.5) is 11.4 Å². The van der Waals surface area contributed by atoms with E-state index in [4.69, 9.17) is 5.73 Å². The van der Waals surface area contributed by atoms with E-state index in [1.165, 1.54) is 0 Å². The number of carbonyl (C=O) groups excluding carboxylic acids is 1.